The van der Waals surface area contributed by atoms with Crippen LogP contribution in [0.2, 0.25) is 0 Å². The first-order chi connectivity index (χ1) is 27.5. The molecule has 14 heteroatoms. The Bertz CT molecular complexity index is 1790. The SMILES string of the molecule is COCCOCCOCCOCCOC(=O)[C@@H]1CCCN1C(=O)OC[n+]1cccc(CNC(=O)Nc2ccc(COc3ccccc3-c3ccccc3)cc2)c1. The molecule has 1 saturated heterocycles. The predicted molar refractivity (Wildman–Crippen MR) is 207 cm³/mol. The van der Waals surface area contributed by atoms with Crippen LogP contribution in [0.3, 0.4) is 0 Å². The number of ether oxygens (including phenoxy) is 7. The van der Waals surface area contributed by atoms with E-state index < -0.39 is 18.1 Å². The van der Waals surface area contributed by atoms with Crippen LogP contribution in [-0.4, -0.2) is 95.5 Å². The summed E-state index contributed by atoms with van der Waals surface area (Å²) in [6.45, 7) is 4.00. The molecule has 298 valence electrons. The summed E-state index contributed by atoms with van der Waals surface area (Å²) in [6.07, 6.45) is 4.08. The van der Waals surface area contributed by atoms with Crippen molar-refractivity contribution in [2.75, 3.05) is 71.8 Å². The summed E-state index contributed by atoms with van der Waals surface area (Å²) in [5.74, 6) is 0.309. The van der Waals surface area contributed by atoms with E-state index in [4.69, 9.17) is 33.2 Å². The number of urea groups is 1. The van der Waals surface area contributed by atoms with Gasteiger partial charge in [0.05, 0.1) is 52.8 Å². The second kappa shape index (κ2) is 23.4. The van der Waals surface area contributed by atoms with Gasteiger partial charge < -0.3 is 43.8 Å². The molecule has 3 amide bonds. The number of hydrogen-bond donors (Lipinski definition) is 2. The average Bonchev–Trinajstić information content (AvgIpc) is 3.73. The Morgan fingerprint density at radius 3 is 2.20 bits per heavy atom. The molecule has 0 bridgehead atoms. The molecule has 0 radical (unpaired) electrons. The first-order valence-corrected chi connectivity index (χ1v) is 18.7. The number of rotatable bonds is 22. The van der Waals surface area contributed by atoms with Gasteiger partial charge in [-0.2, -0.15) is 4.57 Å². The number of aromatic nitrogens is 1. The molecule has 5 rings (SSSR count). The number of carbonyl (C=O) groups excluding carboxylic acids is 3. The van der Waals surface area contributed by atoms with Crippen molar-refractivity contribution in [2.24, 2.45) is 0 Å². The number of benzene rings is 3. The summed E-state index contributed by atoms with van der Waals surface area (Å²) in [4.78, 5) is 39.7. The Morgan fingerprint density at radius 2 is 1.45 bits per heavy atom. The minimum absolute atomic E-state index is 0.0692. The molecule has 1 aliphatic rings. The number of methoxy groups -OCH3 is 1. The molecule has 3 aromatic carbocycles. The molecule has 0 saturated carbocycles. The maximum Gasteiger partial charge on any atom is 0.415 e. The van der Waals surface area contributed by atoms with Crippen LogP contribution in [0.1, 0.15) is 24.0 Å². The highest BCUT2D eigenvalue weighted by molar-refractivity contribution is 5.89. The normalized spacial score (nSPS) is 13.6. The van der Waals surface area contributed by atoms with Gasteiger partial charge in [-0.3, -0.25) is 4.90 Å². The summed E-state index contributed by atoms with van der Waals surface area (Å²) >= 11 is 0. The van der Waals surface area contributed by atoms with Gasteiger partial charge in [-0.05, 0) is 48.2 Å². The molecule has 0 unspecified atom stereocenters. The topological polar surface area (TPSA) is 147 Å². The lowest BCUT2D eigenvalue weighted by atomic mass is 10.0. The highest BCUT2D eigenvalue weighted by atomic mass is 16.6. The van der Waals surface area contributed by atoms with Crippen LogP contribution in [0.5, 0.6) is 5.75 Å². The van der Waals surface area contributed by atoms with Crippen LogP contribution in [0.15, 0.2) is 103 Å². The standard InChI is InChI=1S/C42H50N4O10/c1-50-21-22-51-23-24-52-25-26-53-27-28-54-40(47)38-13-8-20-46(38)42(49)56-32-45-19-7-9-34(30-45)29-43-41(48)44-36-17-15-33(16-18-36)31-55-39-14-6-5-12-37(39)35-10-3-2-4-11-35/h2-7,9-12,14-19,30,38H,8,13,20-29,31-32H2,1H3,(H-,43,44,48)/p+1/t38-/m0/s1. The van der Waals surface area contributed by atoms with Gasteiger partial charge in [0.2, 0.25) is 0 Å². The fraction of sp³-hybridized carbons (Fsp3) is 0.381. The number of esters is 1. The fourth-order valence-electron chi connectivity index (χ4n) is 5.84. The zero-order chi connectivity index (χ0) is 39.2. The van der Waals surface area contributed by atoms with Gasteiger partial charge in [-0.25, -0.2) is 14.4 Å². The molecule has 1 fully saturated rings. The molecule has 4 aromatic rings. The lowest BCUT2D eigenvalue weighted by molar-refractivity contribution is -0.727. The molecule has 0 aliphatic carbocycles. The lowest BCUT2D eigenvalue weighted by Gasteiger charge is -2.21. The van der Waals surface area contributed by atoms with Gasteiger partial charge in [-0.1, -0.05) is 60.7 Å². The van der Waals surface area contributed by atoms with Crippen molar-refractivity contribution in [3.8, 4) is 16.9 Å². The highest BCUT2D eigenvalue weighted by Crippen LogP contribution is 2.30. The first kappa shape index (κ1) is 41.6. The molecule has 1 aliphatic heterocycles. The minimum atomic E-state index is -0.713. The number of likely N-dealkylation sites (tertiary alicyclic amines) is 1. The van der Waals surface area contributed by atoms with E-state index in [2.05, 4.69) is 22.8 Å². The minimum Gasteiger partial charge on any atom is -0.488 e. The van der Waals surface area contributed by atoms with Gasteiger partial charge in [0.1, 0.15) is 25.0 Å². The Hall–Kier alpha value is -5.54. The summed E-state index contributed by atoms with van der Waals surface area (Å²) in [7, 11) is 1.62. The molecule has 0 spiro atoms. The predicted octanol–water partition coefficient (Wildman–Crippen LogP) is 5.34. The monoisotopic (exact) mass is 771 g/mol. The van der Waals surface area contributed by atoms with Gasteiger partial charge in [0.25, 0.3) is 6.73 Å². The van der Waals surface area contributed by atoms with Crippen molar-refractivity contribution >= 4 is 23.8 Å². The molecular weight excluding hydrogens is 720 g/mol. The maximum atomic E-state index is 12.9. The maximum absolute atomic E-state index is 12.9. The smallest absolute Gasteiger partial charge is 0.415 e. The van der Waals surface area contributed by atoms with Gasteiger partial charge in [0.15, 0.2) is 12.4 Å². The number of anilines is 1. The van der Waals surface area contributed by atoms with Crippen LogP contribution in [-0.2, 0) is 53.1 Å². The van der Waals surface area contributed by atoms with Crippen molar-refractivity contribution in [1.29, 1.82) is 0 Å². The fourth-order valence-corrected chi connectivity index (χ4v) is 5.84. The summed E-state index contributed by atoms with van der Waals surface area (Å²) in [5, 5.41) is 5.70. The molecular formula is C42H51N4O10+. The van der Waals surface area contributed by atoms with Gasteiger partial charge in [-0.15, -0.1) is 0 Å². The average molecular weight is 772 g/mol. The van der Waals surface area contributed by atoms with Crippen LogP contribution in [0.4, 0.5) is 15.3 Å². The summed E-state index contributed by atoms with van der Waals surface area (Å²) in [5.41, 5.74) is 4.51. The third kappa shape index (κ3) is 13.9. The Kier molecular flexibility index (Phi) is 17.4. The van der Waals surface area contributed by atoms with Crippen molar-refractivity contribution < 1.29 is 52.1 Å². The van der Waals surface area contributed by atoms with Crippen LogP contribution < -0.4 is 19.9 Å². The van der Waals surface area contributed by atoms with E-state index in [0.29, 0.717) is 71.3 Å². The van der Waals surface area contributed by atoms with Crippen molar-refractivity contribution in [1.82, 2.24) is 10.2 Å². The first-order valence-electron chi connectivity index (χ1n) is 18.7. The van der Waals surface area contributed by atoms with Crippen molar-refractivity contribution in [2.45, 2.75) is 38.8 Å². The number of para-hydroxylation sites is 1. The Balaban J connectivity index is 0.967. The van der Waals surface area contributed by atoms with E-state index in [1.807, 2.05) is 72.8 Å². The third-order valence-corrected chi connectivity index (χ3v) is 8.69. The number of amides is 3. The van der Waals surface area contributed by atoms with Gasteiger partial charge >= 0.3 is 18.1 Å². The van der Waals surface area contributed by atoms with Crippen molar-refractivity contribution in [3.05, 3.63) is 115 Å². The number of nitrogens with one attached hydrogen (secondary N) is 2. The van der Waals surface area contributed by atoms with Crippen LogP contribution in [0.25, 0.3) is 11.1 Å². The zero-order valence-electron chi connectivity index (χ0n) is 31.8. The van der Waals surface area contributed by atoms with E-state index in [0.717, 1.165) is 28.0 Å². The van der Waals surface area contributed by atoms with Crippen LogP contribution in [0, 0.1) is 0 Å². The largest absolute Gasteiger partial charge is 0.488 e. The highest BCUT2D eigenvalue weighted by Gasteiger charge is 2.36. The third-order valence-electron chi connectivity index (χ3n) is 8.69. The molecule has 2 N–H and O–H groups in total. The van der Waals surface area contributed by atoms with Gasteiger partial charge in [0, 0.05) is 36.5 Å². The van der Waals surface area contributed by atoms with E-state index in [-0.39, 0.29) is 32.5 Å². The number of carbonyl (C=O) groups is 3. The van der Waals surface area contributed by atoms with E-state index in [9.17, 15) is 14.4 Å². The molecule has 14 nitrogen and oxygen atoms in total. The molecule has 1 atom stereocenters. The summed E-state index contributed by atoms with van der Waals surface area (Å²) in [6, 6.07) is 28.1. The molecule has 1 aromatic heterocycles. The second-order valence-corrected chi connectivity index (χ2v) is 12.8. The second-order valence-electron chi connectivity index (χ2n) is 12.8. The Labute approximate surface area is 327 Å². The van der Waals surface area contributed by atoms with E-state index in [1.54, 1.807) is 30.1 Å². The van der Waals surface area contributed by atoms with E-state index in [1.165, 1.54) is 4.90 Å². The summed E-state index contributed by atoms with van der Waals surface area (Å²) < 4.78 is 39.8. The number of hydrogen-bond acceptors (Lipinski definition) is 10. The zero-order valence-corrected chi connectivity index (χ0v) is 31.8. The quantitative estimate of drug-likeness (QED) is 0.0610. The molecule has 56 heavy (non-hydrogen) atoms. The van der Waals surface area contributed by atoms with Crippen LogP contribution >= 0.6 is 0 Å². The number of nitrogens with zero attached hydrogens (tertiary/aromatic N) is 2. The van der Waals surface area contributed by atoms with E-state index >= 15 is 0 Å². The van der Waals surface area contributed by atoms with Crippen molar-refractivity contribution in [3.63, 3.8) is 0 Å². The Morgan fingerprint density at radius 1 is 0.750 bits per heavy atom. The lowest BCUT2D eigenvalue weighted by Crippen LogP contribution is -2.44. The molecule has 2 heterocycles. The number of pyridine rings is 1.